The lowest BCUT2D eigenvalue weighted by molar-refractivity contribution is -0.142. The summed E-state index contributed by atoms with van der Waals surface area (Å²) in [6, 6.07) is 7.94. The highest BCUT2D eigenvalue weighted by molar-refractivity contribution is 5.95. The van der Waals surface area contributed by atoms with Gasteiger partial charge in [0.05, 0.1) is 0 Å². The first-order valence-corrected chi connectivity index (χ1v) is 5.75. The van der Waals surface area contributed by atoms with Crippen molar-refractivity contribution in [3.8, 4) is 0 Å². The normalized spacial score (nSPS) is 12.1. The predicted molar refractivity (Wildman–Crippen MR) is 70.3 cm³/mol. The Kier molecular flexibility index (Phi) is 5.47. The Hall–Kier alpha value is -2.43. The second kappa shape index (κ2) is 7.10. The molecule has 0 saturated carbocycles. The molecule has 0 radical (unpaired) electrons. The zero-order valence-electron chi connectivity index (χ0n) is 10.5. The molecule has 0 saturated heterocycles. The summed E-state index contributed by atoms with van der Waals surface area (Å²) in [5, 5.41) is 11.1. The lowest BCUT2D eigenvalue weighted by Crippen LogP contribution is -2.41. The van der Waals surface area contributed by atoms with Crippen molar-refractivity contribution in [1.29, 1.82) is 0 Å². The minimum atomic E-state index is -1.23. The topological polar surface area (TPSA) is 83.5 Å². The third-order valence-electron chi connectivity index (χ3n) is 2.33. The highest BCUT2D eigenvalue weighted by atomic mass is 16.4. The fourth-order valence-electron chi connectivity index (χ4n) is 1.44. The Morgan fingerprint density at radius 1 is 1.26 bits per heavy atom. The number of hydrogen-bond donors (Lipinski definition) is 2. The minimum Gasteiger partial charge on any atom is -0.480 e. The predicted octanol–water partition coefficient (Wildman–Crippen LogP) is 1.25. The SMILES string of the molecule is CC(=O)CC(NC(=O)/C=C/c1ccccc1)C(=O)O. The summed E-state index contributed by atoms with van der Waals surface area (Å²) in [7, 11) is 0. The van der Waals surface area contributed by atoms with Crippen LogP contribution in [0.3, 0.4) is 0 Å². The quantitative estimate of drug-likeness (QED) is 0.755. The Morgan fingerprint density at radius 2 is 1.89 bits per heavy atom. The molecule has 0 fully saturated rings. The second-order valence-electron chi connectivity index (χ2n) is 4.05. The van der Waals surface area contributed by atoms with Crippen LogP contribution in [-0.4, -0.2) is 28.8 Å². The van der Waals surface area contributed by atoms with Gasteiger partial charge in [-0.2, -0.15) is 0 Å². The van der Waals surface area contributed by atoms with Gasteiger partial charge in [0.15, 0.2) is 0 Å². The smallest absolute Gasteiger partial charge is 0.326 e. The van der Waals surface area contributed by atoms with Crippen LogP contribution in [0, 0.1) is 0 Å². The van der Waals surface area contributed by atoms with Crippen molar-refractivity contribution >= 4 is 23.7 Å². The third-order valence-corrected chi connectivity index (χ3v) is 2.33. The maximum atomic E-state index is 11.5. The van der Waals surface area contributed by atoms with Crippen LogP contribution in [0.2, 0.25) is 0 Å². The van der Waals surface area contributed by atoms with E-state index >= 15 is 0 Å². The second-order valence-corrected chi connectivity index (χ2v) is 4.05. The van der Waals surface area contributed by atoms with Crippen LogP contribution < -0.4 is 5.32 Å². The molecule has 2 N–H and O–H groups in total. The van der Waals surface area contributed by atoms with E-state index in [4.69, 9.17) is 5.11 Å². The zero-order chi connectivity index (χ0) is 14.3. The molecule has 0 aliphatic heterocycles. The molecule has 1 aromatic rings. The van der Waals surface area contributed by atoms with Crippen LogP contribution in [0.5, 0.6) is 0 Å². The molecule has 0 aliphatic carbocycles. The molecule has 1 atom stereocenters. The van der Waals surface area contributed by atoms with Gasteiger partial charge >= 0.3 is 5.97 Å². The standard InChI is InChI=1S/C14H15NO4/c1-10(16)9-12(14(18)19)15-13(17)8-7-11-5-3-2-4-6-11/h2-8,12H,9H2,1H3,(H,15,17)(H,18,19)/b8-7+. The van der Waals surface area contributed by atoms with Gasteiger partial charge in [0, 0.05) is 12.5 Å². The molecule has 0 heterocycles. The number of carboxylic acids is 1. The molecule has 0 aromatic heterocycles. The molecule has 19 heavy (non-hydrogen) atoms. The molecule has 5 heteroatoms. The first kappa shape index (κ1) is 14.6. The zero-order valence-corrected chi connectivity index (χ0v) is 10.5. The summed E-state index contributed by atoms with van der Waals surface area (Å²) in [6.07, 6.45) is 2.59. The number of hydrogen-bond acceptors (Lipinski definition) is 3. The molecule has 1 rings (SSSR count). The molecule has 0 bridgehead atoms. The van der Waals surface area contributed by atoms with Gasteiger partial charge in [-0.25, -0.2) is 4.79 Å². The van der Waals surface area contributed by atoms with Crippen LogP contribution in [0.1, 0.15) is 18.9 Å². The summed E-state index contributed by atoms with van der Waals surface area (Å²) < 4.78 is 0. The van der Waals surface area contributed by atoms with E-state index in [0.29, 0.717) is 0 Å². The van der Waals surface area contributed by atoms with Crippen LogP contribution in [-0.2, 0) is 14.4 Å². The van der Waals surface area contributed by atoms with Gasteiger partial charge in [-0.1, -0.05) is 30.3 Å². The number of carbonyl (C=O) groups is 3. The number of Topliss-reactive ketones (excluding diaryl/α,β-unsaturated/α-hetero) is 1. The molecule has 100 valence electrons. The van der Waals surface area contributed by atoms with E-state index in [1.807, 2.05) is 30.3 Å². The van der Waals surface area contributed by atoms with E-state index in [1.54, 1.807) is 6.08 Å². The number of carboxylic acid groups (broad SMARTS) is 1. The number of nitrogens with one attached hydrogen (secondary N) is 1. The summed E-state index contributed by atoms with van der Waals surface area (Å²) in [5.41, 5.74) is 0.830. The van der Waals surface area contributed by atoms with Crippen molar-refractivity contribution in [3.63, 3.8) is 0 Å². The number of ketones is 1. The van der Waals surface area contributed by atoms with E-state index in [-0.39, 0.29) is 12.2 Å². The van der Waals surface area contributed by atoms with Crippen molar-refractivity contribution in [2.75, 3.05) is 0 Å². The van der Waals surface area contributed by atoms with E-state index in [9.17, 15) is 14.4 Å². The van der Waals surface area contributed by atoms with Crippen molar-refractivity contribution < 1.29 is 19.5 Å². The van der Waals surface area contributed by atoms with Crippen LogP contribution >= 0.6 is 0 Å². The molecule has 5 nitrogen and oxygen atoms in total. The van der Waals surface area contributed by atoms with Crippen molar-refractivity contribution in [1.82, 2.24) is 5.32 Å². The van der Waals surface area contributed by atoms with Crippen molar-refractivity contribution in [2.45, 2.75) is 19.4 Å². The van der Waals surface area contributed by atoms with Crippen molar-refractivity contribution in [3.05, 3.63) is 42.0 Å². The number of benzene rings is 1. The van der Waals surface area contributed by atoms with Gasteiger partial charge in [-0.05, 0) is 18.6 Å². The van der Waals surface area contributed by atoms with Crippen molar-refractivity contribution in [2.24, 2.45) is 0 Å². The monoisotopic (exact) mass is 261 g/mol. The van der Waals surface area contributed by atoms with Gasteiger partial charge in [-0.15, -0.1) is 0 Å². The van der Waals surface area contributed by atoms with Gasteiger partial charge in [-0.3, -0.25) is 9.59 Å². The Morgan fingerprint density at radius 3 is 2.42 bits per heavy atom. The van der Waals surface area contributed by atoms with E-state index in [1.165, 1.54) is 13.0 Å². The maximum Gasteiger partial charge on any atom is 0.326 e. The number of amides is 1. The molecular formula is C14H15NO4. The Bertz CT molecular complexity index is 493. The highest BCUT2D eigenvalue weighted by Crippen LogP contribution is 2.01. The average molecular weight is 261 g/mol. The average Bonchev–Trinajstić information content (AvgIpc) is 2.36. The maximum absolute atomic E-state index is 11.5. The number of rotatable bonds is 6. The summed E-state index contributed by atoms with van der Waals surface area (Å²) in [6.45, 7) is 1.28. The van der Waals surface area contributed by atoms with Crippen LogP contribution in [0.4, 0.5) is 0 Å². The van der Waals surface area contributed by atoms with E-state index in [2.05, 4.69) is 5.32 Å². The largest absolute Gasteiger partial charge is 0.480 e. The lowest BCUT2D eigenvalue weighted by Gasteiger charge is -2.10. The molecule has 1 aromatic carbocycles. The molecular weight excluding hydrogens is 246 g/mol. The summed E-state index contributed by atoms with van der Waals surface area (Å²) in [4.78, 5) is 33.3. The van der Waals surface area contributed by atoms with Gasteiger partial charge < -0.3 is 10.4 Å². The Balaban J connectivity index is 2.60. The van der Waals surface area contributed by atoms with Gasteiger partial charge in [0.2, 0.25) is 5.91 Å². The molecule has 0 spiro atoms. The number of aliphatic carboxylic acids is 1. The first-order chi connectivity index (χ1) is 8.99. The first-order valence-electron chi connectivity index (χ1n) is 5.75. The summed E-state index contributed by atoms with van der Waals surface area (Å²) >= 11 is 0. The Labute approximate surface area is 110 Å². The van der Waals surface area contributed by atoms with Crippen LogP contribution in [0.15, 0.2) is 36.4 Å². The molecule has 0 aliphatic rings. The van der Waals surface area contributed by atoms with Gasteiger partial charge in [0.25, 0.3) is 0 Å². The fraction of sp³-hybridized carbons (Fsp3) is 0.214. The van der Waals surface area contributed by atoms with E-state index in [0.717, 1.165) is 5.56 Å². The highest BCUT2D eigenvalue weighted by Gasteiger charge is 2.20. The molecule has 1 unspecified atom stereocenters. The fourth-order valence-corrected chi connectivity index (χ4v) is 1.44. The molecule has 1 amide bonds. The number of carbonyl (C=O) groups excluding carboxylic acids is 2. The van der Waals surface area contributed by atoms with Gasteiger partial charge in [0.1, 0.15) is 11.8 Å². The van der Waals surface area contributed by atoms with Crippen LogP contribution in [0.25, 0.3) is 6.08 Å². The lowest BCUT2D eigenvalue weighted by atomic mass is 10.1. The third kappa shape index (κ3) is 5.63. The van der Waals surface area contributed by atoms with E-state index < -0.39 is 17.9 Å². The minimum absolute atomic E-state index is 0.222. The summed E-state index contributed by atoms with van der Waals surface area (Å²) in [5.74, 6) is -2.06.